The predicted molar refractivity (Wildman–Crippen MR) is 97.8 cm³/mol. The average Bonchev–Trinajstić information content (AvgIpc) is 3.11. The van der Waals surface area contributed by atoms with Gasteiger partial charge in [0.2, 0.25) is 0 Å². The van der Waals surface area contributed by atoms with Crippen LogP contribution in [0, 0.1) is 0 Å². The molecule has 3 fully saturated rings. The summed E-state index contributed by atoms with van der Waals surface area (Å²) in [7, 11) is 0. The van der Waals surface area contributed by atoms with Crippen LogP contribution < -0.4 is 4.90 Å². The Morgan fingerprint density at radius 1 is 0.920 bits per heavy atom. The summed E-state index contributed by atoms with van der Waals surface area (Å²) in [5.41, 5.74) is 0.871. The van der Waals surface area contributed by atoms with E-state index in [1.165, 1.54) is 58.3 Å². The van der Waals surface area contributed by atoms with Crippen molar-refractivity contribution in [3.05, 3.63) is 18.5 Å². The van der Waals surface area contributed by atoms with E-state index < -0.39 is 0 Å². The minimum absolute atomic E-state index is 0.653. The van der Waals surface area contributed by atoms with Crippen molar-refractivity contribution < 1.29 is 4.42 Å². The molecule has 6 heteroatoms. The lowest BCUT2D eigenvalue weighted by molar-refractivity contribution is 0.0487. The highest BCUT2D eigenvalue weighted by atomic mass is 16.3. The van der Waals surface area contributed by atoms with Gasteiger partial charge < -0.3 is 9.32 Å². The van der Waals surface area contributed by atoms with E-state index in [4.69, 9.17) is 4.42 Å². The zero-order chi connectivity index (χ0) is 16.6. The minimum Gasteiger partial charge on any atom is -0.460 e. The van der Waals surface area contributed by atoms with E-state index in [0.29, 0.717) is 6.04 Å². The van der Waals surface area contributed by atoms with Gasteiger partial charge in [0.05, 0.1) is 12.5 Å². The summed E-state index contributed by atoms with van der Waals surface area (Å²) >= 11 is 0. The van der Waals surface area contributed by atoms with E-state index in [-0.39, 0.29) is 0 Å². The van der Waals surface area contributed by atoms with E-state index in [9.17, 15) is 0 Å². The molecule has 2 aromatic rings. The highest BCUT2D eigenvalue weighted by Gasteiger charge is 2.36. The Balaban J connectivity index is 1.16. The van der Waals surface area contributed by atoms with Crippen molar-refractivity contribution in [3.63, 3.8) is 0 Å². The maximum atomic E-state index is 5.60. The van der Waals surface area contributed by atoms with E-state index in [1.807, 2.05) is 6.07 Å². The lowest BCUT2D eigenvalue weighted by Crippen LogP contribution is -2.64. The third-order valence-corrected chi connectivity index (χ3v) is 6.37. The number of rotatable bonds is 3. The Morgan fingerprint density at radius 2 is 1.64 bits per heavy atom. The first-order valence-electron chi connectivity index (χ1n) is 9.80. The smallest absolute Gasteiger partial charge is 0.195 e. The molecule has 0 unspecified atom stereocenters. The van der Waals surface area contributed by atoms with Gasteiger partial charge in [-0.15, -0.1) is 5.10 Å². The van der Waals surface area contributed by atoms with E-state index in [1.54, 1.807) is 12.5 Å². The molecule has 2 aromatic heterocycles. The molecule has 1 aliphatic carbocycles. The molecule has 3 aliphatic rings. The van der Waals surface area contributed by atoms with Gasteiger partial charge in [-0.25, -0.2) is 0 Å². The van der Waals surface area contributed by atoms with Gasteiger partial charge in [0.1, 0.15) is 0 Å². The molecule has 2 aliphatic heterocycles. The molecule has 0 atom stereocenters. The van der Waals surface area contributed by atoms with Crippen LogP contribution in [-0.4, -0.2) is 71.3 Å². The number of nitrogens with zero attached hydrogens (tertiary/aromatic N) is 5. The second-order valence-corrected chi connectivity index (χ2v) is 7.80. The Labute approximate surface area is 148 Å². The van der Waals surface area contributed by atoms with Crippen LogP contribution in [0.3, 0.4) is 0 Å². The lowest BCUT2D eigenvalue weighted by Gasteiger charge is -2.49. The Bertz CT molecular complexity index is 711. The highest BCUT2D eigenvalue weighted by molar-refractivity contribution is 5.86. The van der Waals surface area contributed by atoms with Crippen LogP contribution >= 0.6 is 0 Å². The van der Waals surface area contributed by atoms with Crippen molar-refractivity contribution in [2.24, 2.45) is 0 Å². The van der Waals surface area contributed by atoms with Crippen LogP contribution in [0.1, 0.15) is 32.1 Å². The zero-order valence-electron chi connectivity index (χ0n) is 14.8. The van der Waals surface area contributed by atoms with Crippen LogP contribution in [0.15, 0.2) is 22.9 Å². The molecule has 1 saturated carbocycles. The molecule has 0 N–H and O–H groups in total. The number of anilines is 1. The SMILES string of the molecule is c1cc2cnnc(N3CC(N4CCN(C5CCCCC5)CC4)C3)c2o1. The molecule has 134 valence electrons. The van der Waals surface area contributed by atoms with Crippen LogP contribution in [0.25, 0.3) is 11.0 Å². The number of fused-ring (bicyclic) bond motifs is 1. The number of furan rings is 1. The summed E-state index contributed by atoms with van der Waals surface area (Å²) in [4.78, 5) is 7.73. The monoisotopic (exact) mass is 341 g/mol. The molecule has 2 saturated heterocycles. The number of piperazine rings is 1. The Morgan fingerprint density at radius 3 is 2.40 bits per heavy atom. The Hall–Kier alpha value is -1.66. The van der Waals surface area contributed by atoms with Gasteiger partial charge in [-0.05, 0) is 18.9 Å². The second kappa shape index (κ2) is 6.57. The van der Waals surface area contributed by atoms with Gasteiger partial charge in [-0.3, -0.25) is 9.80 Å². The van der Waals surface area contributed by atoms with E-state index in [0.717, 1.165) is 35.9 Å². The summed E-state index contributed by atoms with van der Waals surface area (Å²) in [6, 6.07) is 3.47. The largest absolute Gasteiger partial charge is 0.460 e. The van der Waals surface area contributed by atoms with E-state index in [2.05, 4.69) is 24.9 Å². The predicted octanol–water partition coefficient (Wildman–Crippen LogP) is 2.36. The molecular weight excluding hydrogens is 314 g/mol. The molecule has 0 radical (unpaired) electrons. The van der Waals surface area contributed by atoms with Crippen molar-refractivity contribution in [3.8, 4) is 0 Å². The fourth-order valence-electron chi connectivity index (χ4n) is 4.77. The quantitative estimate of drug-likeness (QED) is 0.854. The first-order valence-corrected chi connectivity index (χ1v) is 9.80. The molecule has 0 amide bonds. The number of aromatic nitrogens is 2. The molecule has 0 aromatic carbocycles. The summed E-state index contributed by atoms with van der Waals surface area (Å²) in [6.45, 7) is 7.00. The van der Waals surface area contributed by atoms with Gasteiger partial charge in [-0.2, -0.15) is 5.10 Å². The third-order valence-electron chi connectivity index (χ3n) is 6.37. The third kappa shape index (κ3) is 2.91. The lowest BCUT2D eigenvalue weighted by atomic mass is 9.93. The zero-order valence-corrected chi connectivity index (χ0v) is 14.8. The normalized spacial score (nSPS) is 24.7. The number of hydrogen-bond donors (Lipinski definition) is 0. The molecule has 6 nitrogen and oxygen atoms in total. The summed E-state index contributed by atoms with van der Waals surface area (Å²) < 4.78 is 5.60. The van der Waals surface area contributed by atoms with Crippen molar-refractivity contribution in [2.75, 3.05) is 44.2 Å². The molecule has 4 heterocycles. The molecule has 0 spiro atoms. The van der Waals surface area contributed by atoms with Crippen LogP contribution in [0.5, 0.6) is 0 Å². The van der Waals surface area contributed by atoms with Gasteiger partial charge in [0.25, 0.3) is 0 Å². The van der Waals surface area contributed by atoms with E-state index >= 15 is 0 Å². The standard InChI is InChI=1S/C19H27N5O/c1-2-4-16(5-3-1)22-7-9-23(10-8-22)17-13-24(14-17)19-18-15(6-11-25-18)12-20-21-19/h6,11-12,16-17H,1-5,7-10,13-14H2. The topological polar surface area (TPSA) is 48.6 Å². The molecule has 5 rings (SSSR count). The van der Waals surface area contributed by atoms with Crippen molar-refractivity contribution >= 4 is 16.8 Å². The summed E-state index contributed by atoms with van der Waals surface area (Å²) in [5.74, 6) is 0.902. The molecule has 0 bridgehead atoms. The number of hydrogen-bond acceptors (Lipinski definition) is 6. The minimum atomic E-state index is 0.653. The van der Waals surface area contributed by atoms with Gasteiger partial charge in [0, 0.05) is 56.7 Å². The maximum absolute atomic E-state index is 5.60. The van der Waals surface area contributed by atoms with Gasteiger partial charge in [0.15, 0.2) is 11.4 Å². The summed E-state index contributed by atoms with van der Waals surface area (Å²) in [6.07, 6.45) is 10.6. The van der Waals surface area contributed by atoms with Crippen LogP contribution in [0.2, 0.25) is 0 Å². The van der Waals surface area contributed by atoms with Crippen molar-refractivity contribution in [1.82, 2.24) is 20.0 Å². The first kappa shape index (κ1) is 15.6. The summed E-state index contributed by atoms with van der Waals surface area (Å²) in [5, 5.41) is 9.46. The van der Waals surface area contributed by atoms with Gasteiger partial charge >= 0.3 is 0 Å². The van der Waals surface area contributed by atoms with Gasteiger partial charge in [-0.1, -0.05) is 19.3 Å². The van der Waals surface area contributed by atoms with Crippen LogP contribution in [0.4, 0.5) is 5.82 Å². The highest BCUT2D eigenvalue weighted by Crippen LogP contribution is 2.30. The maximum Gasteiger partial charge on any atom is 0.195 e. The second-order valence-electron chi connectivity index (χ2n) is 7.80. The average molecular weight is 341 g/mol. The fraction of sp³-hybridized carbons (Fsp3) is 0.684. The molecule has 25 heavy (non-hydrogen) atoms. The fourth-order valence-corrected chi connectivity index (χ4v) is 4.77. The molecular formula is C19H27N5O. The first-order chi connectivity index (χ1) is 12.4. The Kier molecular flexibility index (Phi) is 4.10. The van der Waals surface area contributed by atoms with Crippen LogP contribution in [-0.2, 0) is 0 Å². The van der Waals surface area contributed by atoms with Crippen molar-refractivity contribution in [1.29, 1.82) is 0 Å². The van der Waals surface area contributed by atoms with Crippen molar-refractivity contribution in [2.45, 2.75) is 44.2 Å².